The molecule has 0 aliphatic carbocycles. The molecule has 28 heteroatoms. The van der Waals surface area contributed by atoms with Crippen LogP contribution in [0.3, 0.4) is 0 Å². The fourth-order valence-corrected chi connectivity index (χ4v) is 8.98. The number of phosphoric acid groups is 3. The number of nitrogens with one attached hydrogen (secondary N) is 2. The number of fused-ring (bicyclic) bond motifs is 1. The summed E-state index contributed by atoms with van der Waals surface area (Å²) < 4.78 is 62.2. The van der Waals surface area contributed by atoms with E-state index in [1.807, 2.05) is 6.08 Å². The van der Waals surface area contributed by atoms with Gasteiger partial charge in [-0.05, 0) is 18.9 Å². The van der Waals surface area contributed by atoms with Crippen LogP contribution in [0.2, 0.25) is 0 Å². The van der Waals surface area contributed by atoms with Gasteiger partial charge >= 0.3 is 23.5 Å². The van der Waals surface area contributed by atoms with Crippen molar-refractivity contribution in [2.24, 2.45) is 5.41 Å². The highest BCUT2D eigenvalue weighted by Gasteiger charge is 2.50. The van der Waals surface area contributed by atoms with E-state index in [1.165, 1.54) is 45.6 Å². The molecule has 1 fully saturated rings. The number of nitrogen functional groups attached to an aromatic ring is 1. The first-order valence-corrected chi connectivity index (χ1v) is 24.3. The summed E-state index contributed by atoms with van der Waals surface area (Å²) in [5, 5.41) is 26.3. The summed E-state index contributed by atoms with van der Waals surface area (Å²) in [6, 6.07) is 0. The molecule has 0 spiro atoms. The highest BCUT2D eigenvalue weighted by atomic mass is 32.2. The lowest BCUT2D eigenvalue weighted by Gasteiger charge is -2.30. The maximum atomic E-state index is 12.7. The average molecular weight is 934 g/mol. The van der Waals surface area contributed by atoms with E-state index in [4.69, 9.17) is 19.5 Å². The zero-order valence-electron chi connectivity index (χ0n) is 33.2. The number of hydrogen-bond acceptors (Lipinski definition) is 18. The Morgan fingerprint density at radius 3 is 2.40 bits per heavy atom. The predicted molar refractivity (Wildman–Crippen MR) is 214 cm³/mol. The van der Waals surface area contributed by atoms with E-state index in [9.17, 15) is 57.9 Å². The fourth-order valence-electron chi connectivity index (χ4n) is 5.55. The second-order valence-corrected chi connectivity index (χ2v) is 19.5. The van der Waals surface area contributed by atoms with Crippen molar-refractivity contribution in [1.82, 2.24) is 30.2 Å². The van der Waals surface area contributed by atoms with Crippen LogP contribution in [0.25, 0.3) is 11.2 Å². The molecule has 2 aromatic rings. The largest absolute Gasteiger partial charge is 0.481 e. The number of phosphoric ester groups is 3. The third-order valence-electron chi connectivity index (χ3n) is 8.72. The van der Waals surface area contributed by atoms with Crippen LogP contribution >= 0.6 is 35.2 Å². The van der Waals surface area contributed by atoms with Crippen LogP contribution in [0.5, 0.6) is 0 Å². The van der Waals surface area contributed by atoms with Crippen molar-refractivity contribution in [3.05, 3.63) is 24.8 Å². The highest BCUT2D eigenvalue weighted by Crippen LogP contribution is 2.61. The summed E-state index contributed by atoms with van der Waals surface area (Å²) in [6.45, 7) is 2.67. The van der Waals surface area contributed by atoms with Gasteiger partial charge in [-0.15, -0.1) is 0 Å². The Morgan fingerprint density at radius 1 is 1.02 bits per heavy atom. The predicted octanol–water partition coefficient (Wildman–Crippen LogP) is 1.97. The monoisotopic (exact) mass is 933 g/mol. The number of allylic oxidation sites excluding steroid dienone is 1. The number of anilines is 1. The number of aliphatic hydroxyl groups excluding tert-OH is 2. The first-order chi connectivity index (χ1) is 28.1. The Hall–Kier alpha value is -2.70. The number of ether oxygens (including phenoxy) is 1. The minimum atomic E-state index is -5.57. The van der Waals surface area contributed by atoms with Crippen molar-refractivity contribution in [3.63, 3.8) is 0 Å². The molecule has 3 heterocycles. The summed E-state index contributed by atoms with van der Waals surface area (Å²) in [4.78, 5) is 87.8. The molecule has 0 radical (unpaired) electrons. The lowest BCUT2D eigenvalue weighted by atomic mass is 9.87. The van der Waals surface area contributed by atoms with Crippen LogP contribution in [0.4, 0.5) is 5.82 Å². The zero-order chi connectivity index (χ0) is 44.7. The number of carbonyl (C=O) groups excluding carboxylic acids is 3. The highest BCUT2D eigenvalue weighted by molar-refractivity contribution is 8.14. The molecule has 10 N–H and O–H groups in total. The third-order valence-corrected chi connectivity index (χ3v) is 12.7. The SMILES string of the molecule is CCCCCCCC/C=C/C(=O)SCCNC(=O)CCNC(=O)[C@H](O)C(C)(C)COP(=O)(O)OP(=O)(O)OC[C@H]1O[C@@H](n2cnc3c(N)ncnc32)[C@H](O)[C@@H]1OP(=O)(O)O. The number of aromatic nitrogens is 4. The van der Waals surface area contributed by atoms with Crippen LogP contribution < -0.4 is 16.4 Å². The Kier molecular flexibility index (Phi) is 20.4. The Labute approximate surface area is 349 Å². The number of hydrogen-bond donors (Lipinski definition) is 9. The molecule has 1 aliphatic rings. The van der Waals surface area contributed by atoms with Gasteiger partial charge in [0, 0.05) is 30.7 Å². The molecule has 7 atom stereocenters. The first-order valence-electron chi connectivity index (χ1n) is 18.8. The van der Waals surface area contributed by atoms with E-state index in [0.29, 0.717) is 5.75 Å². The van der Waals surface area contributed by atoms with Crippen LogP contribution in [0.15, 0.2) is 24.8 Å². The molecular weight excluding hydrogens is 879 g/mol. The summed E-state index contributed by atoms with van der Waals surface area (Å²) in [7, 11) is -16.4. The fraction of sp³-hybridized carbons (Fsp3) is 0.688. The second kappa shape index (κ2) is 23.7. The molecule has 3 rings (SSSR count). The molecular formula is C32H54N7O17P3S. The number of carbonyl (C=O) groups is 3. The van der Waals surface area contributed by atoms with Gasteiger partial charge in [-0.1, -0.05) is 70.7 Å². The molecule has 0 bridgehead atoms. The van der Waals surface area contributed by atoms with Gasteiger partial charge < -0.3 is 50.9 Å². The summed E-state index contributed by atoms with van der Waals surface area (Å²) in [5.74, 6) is -1.10. The van der Waals surface area contributed by atoms with Gasteiger partial charge in [0.2, 0.25) is 16.9 Å². The summed E-state index contributed by atoms with van der Waals surface area (Å²) in [5.41, 5.74) is 4.27. The number of imidazole rings is 1. The van der Waals surface area contributed by atoms with E-state index in [-0.39, 0.29) is 41.6 Å². The Morgan fingerprint density at radius 2 is 1.70 bits per heavy atom. The number of unbranched alkanes of at least 4 members (excludes halogenated alkanes) is 6. The number of aliphatic hydroxyl groups is 2. The smallest absolute Gasteiger partial charge is 0.386 e. The molecule has 2 aromatic heterocycles. The van der Waals surface area contributed by atoms with Crippen LogP contribution in [0.1, 0.15) is 78.4 Å². The minimum absolute atomic E-state index is 0.0315. The number of nitrogens with zero attached hydrogens (tertiary/aromatic N) is 4. The van der Waals surface area contributed by atoms with Crippen molar-refractivity contribution in [2.75, 3.05) is 37.8 Å². The number of thioether (sulfide) groups is 1. The standard InChI is InChI=1S/C32H54N7O17P3S/c1-4-5-6-7-8-9-10-11-12-23(41)60-16-15-34-22(40)13-14-35-30(44)27(43)32(2,3)18-53-59(50,51)56-58(48,49)52-17-21-26(55-57(45,46)47)25(42)31(54-21)39-20-38-24-28(33)36-19-37-29(24)39/h11-12,19-21,25-27,31,42-43H,4-10,13-18H2,1-3H3,(H,34,40)(H,35,44)(H,48,49)(H,50,51)(H2,33,36,37)(H2,45,46,47)/b12-11+/t21-,25-,26-,27+,31-/m1/s1. The molecule has 60 heavy (non-hydrogen) atoms. The first kappa shape index (κ1) is 51.6. The molecule has 2 amide bonds. The quantitative estimate of drug-likeness (QED) is 0.0351. The summed E-state index contributed by atoms with van der Waals surface area (Å²) >= 11 is 1.06. The van der Waals surface area contributed by atoms with E-state index >= 15 is 0 Å². The Bertz CT molecular complexity index is 1920. The lowest BCUT2D eigenvalue weighted by Crippen LogP contribution is -2.46. The zero-order valence-corrected chi connectivity index (χ0v) is 36.7. The minimum Gasteiger partial charge on any atom is -0.386 e. The lowest BCUT2D eigenvalue weighted by molar-refractivity contribution is -0.137. The van der Waals surface area contributed by atoms with Gasteiger partial charge in [-0.25, -0.2) is 28.6 Å². The molecule has 0 saturated carbocycles. The van der Waals surface area contributed by atoms with Crippen molar-refractivity contribution >= 4 is 69.1 Å². The Balaban J connectivity index is 1.41. The average Bonchev–Trinajstić information content (AvgIpc) is 3.72. The molecule has 2 unspecified atom stereocenters. The van der Waals surface area contributed by atoms with Crippen molar-refractivity contribution < 1.29 is 80.5 Å². The van der Waals surface area contributed by atoms with E-state index in [2.05, 4.69) is 41.3 Å². The van der Waals surface area contributed by atoms with Crippen molar-refractivity contribution in [1.29, 1.82) is 0 Å². The topological polar surface area (TPSA) is 364 Å². The van der Waals surface area contributed by atoms with Gasteiger partial charge in [0.05, 0.1) is 19.5 Å². The maximum absolute atomic E-state index is 12.7. The van der Waals surface area contributed by atoms with Crippen LogP contribution in [-0.2, 0) is 50.7 Å². The third kappa shape index (κ3) is 17.2. The van der Waals surface area contributed by atoms with Crippen molar-refractivity contribution in [2.45, 2.75) is 103 Å². The van der Waals surface area contributed by atoms with Gasteiger partial charge in [0.15, 0.2) is 17.7 Å². The normalized spacial score (nSPS) is 21.1. The number of rotatable bonds is 27. The van der Waals surface area contributed by atoms with Crippen molar-refractivity contribution in [3.8, 4) is 0 Å². The van der Waals surface area contributed by atoms with Gasteiger partial charge in [-0.2, -0.15) is 4.31 Å². The number of amides is 2. The van der Waals surface area contributed by atoms with E-state index < -0.39 is 84.6 Å². The van der Waals surface area contributed by atoms with E-state index in [1.54, 1.807) is 0 Å². The van der Waals surface area contributed by atoms with Gasteiger partial charge in [0.25, 0.3) is 0 Å². The van der Waals surface area contributed by atoms with Gasteiger partial charge in [-0.3, -0.25) is 32.5 Å². The molecule has 24 nitrogen and oxygen atoms in total. The molecule has 0 aromatic carbocycles. The molecule has 1 saturated heterocycles. The number of nitrogens with two attached hydrogens (primary N) is 1. The maximum Gasteiger partial charge on any atom is 0.481 e. The summed E-state index contributed by atoms with van der Waals surface area (Å²) in [6.07, 6.45) is 4.30. The molecule has 1 aliphatic heterocycles. The van der Waals surface area contributed by atoms with E-state index in [0.717, 1.165) is 48.2 Å². The van der Waals surface area contributed by atoms with Crippen LogP contribution in [-0.4, -0.2) is 123 Å². The molecule has 340 valence electrons. The van der Waals surface area contributed by atoms with Gasteiger partial charge in [0.1, 0.15) is 36.3 Å². The second-order valence-electron chi connectivity index (χ2n) is 14.2. The van der Waals surface area contributed by atoms with Crippen LogP contribution in [0, 0.1) is 5.41 Å².